The van der Waals surface area contributed by atoms with Gasteiger partial charge in [0.05, 0.1) is 5.71 Å². The molecule has 0 bridgehead atoms. The van der Waals surface area contributed by atoms with Gasteiger partial charge in [-0.2, -0.15) is 0 Å². The van der Waals surface area contributed by atoms with Gasteiger partial charge in [0.1, 0.15) is 11.3 Å². The number of hydrogen-bond donors (Lipinski definition) is 0. The van der Waals surface area contributed by atoms with E-state index in [1.165, 1.54) is 16.2 Å². The van der Waals surface area contributed by atoms with Crippen molar-refractivity contribution in [3.05, 3.63) is 90.0 Å². The lowest BCUT2D eigenvalue weighted by Gasteiger charge is -2.08. The molecule has 0 aliphatic heterocycles. The lowest BCUT2D eigenvalue weighted by Crippen LogP contribution is -2.05. The lowest BCUT2D eigenvalue weighted by molar-refractivity contribution is 0.582. The summed E-state index contributed by atoms with van der Waals surface area (Å²) in [6.07, 6.45) is 11.7. The molecule has 4 rings (SSSR count). The predicted molar refractivity (Wildman–Crippen MR) is 122 cm³/mol. The van der Waals surface area contributed by atoms with Gasteiger partial charge in [-0.3, -0.25) is 4.99 Å². The van der Waals surface area contributed by atoms with Gasteiger partial charge >= 0.3 is 0 Å². The first-order chi connectivity index (χ1) is 13.7. The highest BCUT2D eigenvalue weighted by molar-refractivity contribution is 6.26. The molecule has 1 aromatic heterocycles. The van der Waals surface area contributed by atoms with Crippen LogP contribution in [-0.2, 0) is 0 Å². The summed E-state index contributed by atoms with van der Waals surface area (Å²) < 4.78 is 6.34. The third kappa shape index (κ3) is 2.69. The fourth-order valence-electron chi connectivity index (χ4n) is 3.96. The van der Waals surface area contributed by atoms with Crippen LogP contribution in [-0.4, -0.2) is 5.71 Å². The number of aryl methyl sites for hydroxylation is 1. The summed E-state index contributed by atoms with van der Waals surface area (Å²) in [4.78, 5) is 4.62. The topological polar surface area (TPSA) is 25.5 Å². The van der Waals surface area contributed by atoms with Crippen LogP contribution in [0.1, 0.15) is 25.2 Å². The summed E-state index contributed by atoms with van der Waals surface area (Å²) in [6.45, 7) is 9.92. The second-order valence-electron chi connectivity index (χ2n) is 6.76. The molecule has 2 heteroatoms. The predicted octanol–water partition coefficient (Wildman–Crippen LogP) is 6.63. The molecule has 0 aliphatic carbocycles. The minimum Gasteiger partial charge on any atom is -0.460 e. The first kappa shape index (κ1) is 18.0. The second-order valence-corrected chi connectivity index (χ2v) is 6.76. The van der Waals surface area contributed by atoms with Crippen LogP contribution >= 0.6 is 0 Å². The normalized spacial score (nSPS) is 13.8. The fraction of sp³-hybridized carbons (Fsp3) is 0.115. The van der Waals surface area contributed by atoms with Crippen LogP contribution in [0.25, 0.3) is 38.6 Å². The zero-order valence-electron chi connectivity index (χ0n) is 16.5. The van der Waals surface area contributed by atoms with Gasteiger partial charge < -0.3 is 4.42 Å². The number of furan rings is 1. The van der Waals surface area contributed by atoms with Gasteiger partial charge in [-0.05, 0) is 54.3 Å². The van der Waals surface area contributed by atoms with Crippen LogP contribution in [0, 0.1) is 6.92 Å². The summed E-state index contributed by atoms with van der Waals surface area (Å²) >= 11 is 0. The molecule has 0 spiro atoms. The summed E-state index contributed by atoms with van der Waals surface area (Å²) in [5.74, 6) is 0.914. The fourth-order valence-corrected chi connectivity index (χ4v) is 3.96. The average Bonchev–Trinajstić information content (AvgIpc) is 3.06. The third-order valence-electron chi connectivity index (χ3n) is 5.04. The van der Waals surface area contributed by atoms with Crippen LogP contribution in [0.2, 0.25) is 0 Å². The van der Waals surface area contributed by atoms with Gasteiger partial charge in [0, 0.05) is 22.5 Å². The largest absolute Gasteiger partial charge is 0.460 e. The minimum absolute atomic E-state index is 0.885. The van der Waals surface area contributed by atoms with Gasteiger partial charge in [-0.25, -0.2) is 0 Å². The van der Waals surface area contributed by atoms with E-state index >= 15 is 0 Å². The quantitative estimate of drug-likeness (QED) is 0.294. The van der Waals surface area contributed by atoms with Gasteiger partial charge in [0.2, 0.25) is 0 Å². The van der Waals surface area contributed by atoms with E-state index in [4.69, 9.17) is 4.42 Å². The molecular weight excluding hydrogens is 342 g/mol. The molecule has 1 heterocycles. The smallest absolute Gasteiger partial charge is 0.144 e. The van der Waals surface area contributed by atoms with Crippen LogP contribution in [0.4, 0.5) is 0 Å². The maximum absolute atomic E-state index is 6.34. The van der Waals surface area contributed by atoms with Gasteiger partial charge in [0.15, 0.2) is 0 Å². The van der Waals surface area contributed by atoms with Crippen LogP contribution in [0.3, 0.4) is 0 Å². The minimum atomic E-state index is 0.885. The Hall–Kier alpha value is -3.39. The lowest BCUT2D eigenvalue weighted by atomic mass is 9.93. The van der Waals surface area contributed by atoms with E-state index in [0.717, 1.165) is 38.6 Å². The Kier molecular flexibility index (Phi) is 4.70. The van der Waals surface area contributed by atoms with Crippen LogP contribution in [0.15, 0.2) is 82.9 Å². The third-order valence-corrected chi connectivity index (χ3v) is 5.04. The Labute approximate surface area is 164 Å². The summed E-state index contributed by atoms with van der Waals surface area (Å²) in [5.41, 5.74) is 2.78. The maximum Gasteiger partial charge on any atom is 0.144 e. The van der Waals surface area contributed by atoms with Crippen molar-refractivity contribution in [2.45, 2.75) is 20.8 Å². The number of rotatable bonds is 4. The van der Waals surface area contributed by atoms with Crippen molar-refractivity contribution >= 4 is 44.3 Å². The number of benzene rings is 3. The molecule has 0 amide bonds. The van der Waals surface area contributed by atoms with Crippen LogP contribution in [0.5, 0.6) is 0 Å². The second kappa shape index (κ2) is 7.32. The van der Waals surface area contributed by atoms with Crippen molar-refractivity contribution < 1.29 is 4.42 Å². The van der Waals surface area contributed by atoms with Gasteiger partial charge in [0.25, 0.3) is 0 Å². The van der Waals surface area contributed by atoms with Crippen molar-refractivity contribution in [1.82, 2.24) is 0 Å². The SMILES string of the molecule is C=C/C=c1/c2ccccc2c2ccc(C(/C=C\C)=N/C=C\C)c3oc(C)c1c32. The first-order valence-electron chi connectivity index (χ1n) is 9.52. The number of aliphatic imine (C=N–C) groups is 1. The van der Waals surface area contributed by atoms with Crippen LogP contribution < -0.4 is 5.22 Å². The molecule has 0 saturated heterocycles. The highest BCUT2D eigenvalue weighted by atomic mass is 16.3. The summed E-state index contributed by atoms with van der Waals surface area (Å²) in [5, 5.41) is 7.09. The molecule has 0 atom stereocenters. The monoisotopic (exact) mass is 365 g/mol. The molecule has 0 aliphatic rings. The highest BCUT2D eigenvalue weighted by Gasteiger charge is 2.19. The van der Waals surface area contributed by atoms with E-state index in [1.807, 2.05) is 51.3 Å². The Morgan fingerprint density at radius 1 is 0.964 bits per heavy atom. The number of allylic oxidation sites excluding steroid dienone is 4. The Morgan fingerprint density at radius 2 is 1.75 bits per heavy atom. The van der Waals surface area contributed by atoms with E-state index in [9.17, 15) is 0 Å². The standard InChI is InChI=1S/C26H23NO/c1-5-10-20-18-12-8-9-13-19(18)21-14-15-22(23(11-6-2)27-16-7-3)26-25(21)24(20)17(4)28-26/h5-16H,1H2,2-4H3/b11-6-,16-7-,20-10-,27-23+. The van der Waals surface area contributed by atoms with E-state index in [1.54, 1.807) is 0 Å². The van der Waals surface area contributed by atoms with Gasteiger partial charge in [-0.1, -0.05) is 61.2 Å². The molecule has 4 aromatic rings. The molecule has 3 aromatic carbocycles. The number of nitrogens with zero attached hydrogens (tertiary/aromatic N) is 1. The number of fused-ring (bicyclic) bond motifs is 2. The maximum atomic E-state index is 6.34. The zero-order valence-corrected chi connectivity index (χ0v) is 16.5. The van der Waals surface area contributed by atoms with Crippen molar-refractivity contribution in [1.29, 1.82) is 0 Å². The van der Waals surface area contributed by atoms with E-state index < -0.39 is 0 Å². The summed E-state index contributed by atoms with van der Waals surface area (Å²) in [7, 11) is 0. The van der Waals surface area contributed by atoms with Gasteiger partial charge in [-0.15, -0.1) is 0 Å². The Morgan fingerprint density at radius 3 is 2.46 bits per heavy atom. The van der Waals surface area contributed by atoms with Crippen molar-refractivity contribution in [3.8, 4) is 0 Å². The van der Waals surface area contributed by atoms with Crippen molar-refractivity contribution in [3.63, 3.8) is 0 Å². The van der Waals surface area contributed by atoms with E-state index in [2.05, 4.69) is 54.0 Å². The van der Waals surface area contributed by atoms with E-state index in [0.29, 0.717) is 0 Å². The molecule has 0 unspecified atom stereocenters. The van der Waals surface area contributed by atoms with Crippen molar-refractivity contribution in [2.75, 3.05) is 0 Å². The first-order valence-corrected chi connectivity index (χ1v) is 9.52. The Balaban J connectivity index is 2.25. The molecule has 0 N–H and O–H groups in total. The highest BCUT2D eigenvalue weighted by Crippen LogP contribution is 2.36. The molecule has 28 heavy (non-hydrogen) atoms. The molecule has 0 radical (unpaired) electrons. The van der Waals surface area contributed by atoms with E-state index in [-0.39, 0.29) is 0 Å². The summed E-state index contributed by atoms with van der Waals surface area (Å²) in [6, 6.07) is 12.8. The average molecular weight is 365 g/mol. The molecule has 2 nitrogen and oxygen atoms in total. The molecule has 0 fully saturated rings. The molecular formula is C26H23NO. The van der Waals surface area contributed by atoms with Crippen molar-refractivity contribution in [2.24, 2.45) is 4.99 Å². The molecule has 0 saturated carbocycles. The molecule has 138 valence electrons. The Bertz CT molecular complexity index is 1350. The zero-order chi connectivity index (χ0) is 19.7. The number of hydrogen-bond acceptors (Lipinski definition) is 2.